The van der Waals surface area contributed by atoms with E-state index < -0.39 is 10.0 Å². The van der Waals surface area contributed by atoms with Gasteiger partial charge in [-0.3, -0.25) is 0 Å². The number of benzene rings is 1. The normalized spacial score (nSPS) is 23.5. The van der Waals surface area contributed by atoms with Crippen LogP contribution < -0.4 is 5.73 Å². The van der Waals surface area contributed by atoms with Gasteiger partial charge in [-0.25, -0.2) is 8.42 Å². The van der Waals surface area contributed by atoms with E-state index in [0.29, 0.717) is 16.5 Å². The molecule has 1 saturated carbocycles. The highest BCUT2D eigenvalue weighted by molar-refractivity contribution is 7.89. The van der Waals surface area contributed by atoms with Gasteiger partial charge < -0.3 is 5.73 Å². The fraction of sp³-hybridized carbons (Fsp3) is 0.600. The summed E-state index contributed by atoms with van der Waals surface area (Å²) in [7, 11) is -1.81. The van der Waals surface area contributed by atoms with Crippen molar-refractivity contribution in [3.05, 3.63) is 28.8 Å². The van der Waals surface area contributed by atoms with E-state index in [1.165, 1.54) is 4.31 Å². The summed E-state index contributed by atoms with van der Waals surface area (Å²) in [6.45, 7) is 2.45. The summed E-state index contributed by atoms with van der Waals surface area (Å²) in [6, 6.07) is 4.83. The van der Waals surface area contributed by atoms with Gasteiger partial charge in [-0.1, -0.05) is 18.5 Å². The second-order valence-corrected chi connectivity index (χ2v) is 8.30. The third-order valence-electron chi connectivity index (χ3n) is 4.41. The van der Waals surface area contributed by atoms with Crippen molar-refractivity contribution in [2.24, 2.45) is 11.7 Å². The summed E-state index contributed by atoms with van der Waals surface area (Å²) in [5.74, 6) is 0.691. The lowest BCUT2D eigenvalue weighted by Gasteiger charge is -2.32. The van der Waals surface area contributed by atoms with Crippen molar-refractivity contribution in [1.29, 1.82) is 0 Å². The van der Waals surface area contributed by atoms with Crippen molar-refractivity contribution in [1.82, 2.24) is 4.31 Å². The first kappa shape index (κ1) is 16.7. The van der Waals surface area contributed by atoms with Gasteiger partial charge in [0.1, 0.15) is 0 Å². The fourth-order valence-electron chi connectivity index (χ4n) is 2.84. The average molecular weight is 331 g/mol. The van der Waals surface area contributed by atoms with Gasteiger partial charge in [-0.05, 0) is 55.4 Å². The van der Waals surface area contributed by atoms with Gasteiger partial charge in [0.2, 0.25) is 10.0 Å². The Kier molecular flexibility index (Phi) is 5.30. The minimum absolute atomic E-state index is 0.0863. The molecule has 0 saturated heterocycles. The minimum atomic E-state index is -3.49. The van der Waals surface area contributed by atoms with Crippen LogP contribution in [-0.4, -0.2) is 25.8 Å². The Balaban J connectivity index is 2.24. The molecule has 6 heteroatoms. The number of hydrogen-bond donors (Lipinski definition) is 1. The average Bonchev–Trinajstić information content (AvgIpc) is 2.47. The molecule has 2 rings (SSSR count). The van der Waals surface area contributed by atoms with Crippen LogP contribution in [0.4, 0.5) is 0 Å². The van der Waals surface area contributed by atoms with Crippen LogP contribution in [0.15, 0.2) is 23.1 Å². The first-order valence-electron chi connectivity index (χ1n) is 7.32. The Bertz CT molecular complexity index is 596. The van der Waals surface area contributed by atoms with Gasteiger partial charge in [0.25, 0.3) is 0 Å². The molecule has 118 valence electrons. The highest BCUT2D eigenvalue weighted by Crippen LogP contribution is 2.30. The van der Waals surface area contributed by atoms with E-state index in [-0.39, 0.29) is 17.5 Å². The van der Waals surface area contributed by atoms with Crippen molar-refractivity contribution >= 4 is 21.6 Å². The van der Waals surface area contributed by atoms with Crippen LogP contribution in [0.5, 0.6) is 0 Å². The number of halogens is 1. The molecule has 1 fully saturated rings. The molecule has 4 nitrogen and oxygen atoms in total. The first-order valence-corrected chi connectivity index (χ1v) is 9.14. The van der Waals surface area contributed by atoms with Gasteiger partial charge in [0.15, 0.2) is 0 Å². The summed E-state index contributed by atoms with van der Waals surface area (Å²) in [5, 5.41) is 0.505. The van der Waals surface area contributed by atoms with E-state index in [1.54, 1.807) is 25.2 Å². The first-order chi connectivity index (χ1) is 9.86. The number of hydrogen-bond acceptors (Lipinski definition) is 3. The molecule has 0 amide bonds. The lowest BCUT2D eigenvalue weighted by molar-refractivity contribution is 0.246. The molecule has 1 aliphatic rings. The van der Waals surface area contributed by atoms with Crippen LogP contribution in [0.2, 0.25) is 5.02 Å². The van der Waals surface area contributed by atoms with Crippen molar-refractivity contribution in [3.63, 3.8) is 0 Å². The van der Waals surface area contributed by atoms with E-state index in [0.717, 1.165) is 25.7 Å². The summed E-state index contributed by atoms with van der Waals surface area (Å²) < 4.78 is 27.0. The Labute approximate surface area is 132 Å². The van der Waals surface area contributed by atoms with Gasteiger partial charge in [0, 0.05) is 24.7 Å². The molecule has 0 bridgehead atoms. The van der Waals surface area contributed by atoms with E-state index in [4.69, 9.17) is 17.3 Å². The third-order valence-corrected chi connectivity index (χ3v) is 6.69. The zero-order valence-electron chi connectivity index (χ0n) is 12.5. The van der Waals surface area contributed by atoms with Crippen LogP contribution in [0, 0.1) is 5.92 Å². The maximum absolute atomic E-state index is 12.7. The van der Waals surface area contributed by atoms with Crippen molar-refractivity contribution in [2.75, 3.05) is 7.05 Å². The summed E-state index contributed by atoms with van der Waals surface area (Å²) >= 11 is 6.00. The standard InChI is InChI=1S/C15H23ClN2O2S/c1-11-3-5-13(6-4-11)18(2)21(19,20)14-7-8-15(16)12(9-14)10-17/h7-9,11,13H,3-6,10,17H2,1-2H3. The third kappa shape index (κ3) is 3.59. The maximum Gasteiger partial charge on any atom is 0.243 e. The van der Waals surface area contributed by atoms with Crippen LogP contribution >= 0.6 is 11.6 Å². The SMILES string of the molecule is CC1CCC(N(C)S(=O)(=O)c2ccc(Cl)c(CN)c2)CC1. The Morgan fingerprint density at radius 3 is 2.48 bits per heavy atom. The zero-order valence-corrected chi connectivity index (χ0v) is 14.1. The number of sulfonamides is 1. The quantitative estimate of drug-likeness (QED) is 0.923. The molecule has 0 spiro atoms. The smallest absolute Gasteiger partial charge is 0.243 e. The molecule has 0 atom stereocenters. The molecule has 0 aliphatic heterocycles. The number of nitrogens with zero attached hydrogens (tertiary/aromatic N) is 1. The van der Waals surface area contributed by atoms with Gasteiger partial charge >= 0.3 is 0 Å². The van der Waals surface area contributed by atoms with Gasteiger partial charge in [-0.15, -0.1) is 0 Å². The van der Waals surface area contributed by atoms with E-state index >= 15 is 0 Å². The van der Waals surface area contributed by atoms with E-state index in [1.807, 2.05) is 0 Å². The second-order valence-electron chi connectivity index (χ2n) is 5.89. The Morgan fingerprint density at radius 2 is 1.90 bits per heavy atom. The number of rotatable bonds is 4. The van der Waals surface area contributed by atoms with Crippen molar-refractivity contribution < 1.29 is 8.42 Å². The lowest BCUT2D eigenvalue weighted by atomic mass is 9.87. The predicted octanol–water partition coefficient (Wildman–Crippen LogP) is 3.00. The molecular weight excluding hydrogens is 308 g/mol. The lowest BCUT2D eigenvalue weighted by Crippen LogP contribution is -2.39. The highest BCUT2D eigenvalue weighted by atomic mass is 35.5. The van der Waals surface area contributed by atoms with Gasteiger partial charge in [-0.2, -0.15) is 4.31 Å². The van der Waals surface area contributed by atoms with Crippen LogP contribution in [-0.2, 0) is 16.6 Å². The van der Waals surface area contributed by atoms with Crippen molar-refractivity contribution in [3.8, 4) is 0 Å². The molecule has 0 unspecified atom stereocenters. The summed E-state index contributed by atoms with van der Waals surface area (Å²) in [5.41, 5.74) is 6.26. The molecule has 1 aliphatic carbocycles. The van der Waals surface area contributed by atoms with Crippen LogP contribution in [0.25, 0.3) is 0 Å². The molecule has 1 aromatic rings. The summed E-state index contributed by atoms with van der Waals surface area (Å²) in [6.07, 6.45) is 4.01. The number of nitrogens with two attached hydrogens (primary N) is 1. The minimum Gasteiger partial charge on any atom is -0.326 e. The second kappa shape index (κ2) is 6.65. The van der Waals surface area contributed by atoms with Gasteiger partial charge in [0.05, 0.1) is 4.90 Å². The largest absolute Gasteiger partial charge is 0.326 e. The monoisotopic (exact) mass is 330 g/mol. The molecule has 21 heavy (non-hydrogen) atoms. The van der Waals surface area contributed by atoms with E-state index in [2.05, 4.69) is 6.92 Å². The van der Waals surface area contributed by atoms with Crippen LogP contribution in [0.3, 0.4) is 0 Å². The molecular formula is C15H23ClN2O2S. The molecule has 0 heterocycles. The highest BCUT2D eigenvalue weighted by Gasteiger charge is 2.30. The zero-order chi connectivity index (χ0) is 15.6. The van der Waals surface area contributed by atoms with E-state index in [9.17, 15) is 8.42 Å². The maximum atomic E-state index is 12.7. The fourth-order valence-corrected chi connectivity index (χ4v) is 4.50. The Hall–Kier alpha value is -0.620. The molecule has 2 N–H and O–H groups in total. The molecule has 0 aromatic heterocycles. The molecule has 1 aromatic carbocycles. The van der Waals surface area contributed by atoms with Crippen LogP contribution in [0.1, 0.15) is 38.2 Å². The summed E-state index contributed by atoms with van der Waals surface area (Å²) in [4.78, 5) is 0.272. The predicted molar refractivity (Wildman–Crippen MR) is 85.7 cm³/mol. The topological polar surface area (TPSA) is 63.4 Å². The Morgan fingerprint density at radius 1 is 1.29 bits per heavy atom. The van der Waals surface area contributed by atoms with Crippen molar-refractivity contribution in [2.45, 2.75) is 50.1 Å². The molecule has 0 radical (unpaired) electrons.